The summed E-state index contributed by atoms with van der Waals surface area (Å²) in [5.74, 6) is 0. The lowest BCUT2D eigenvalue weighted by Gasteiger charge is -2.10. The molecule has 0 heterocycles. The standard InChI is InChI=1S/C16H16N2O4/c1-11-7-8-13(9-14(11)18-15(19)20)17-16(21)22-10-12-5-3-2-4-6-12/h2-9,18H,10H2,1H3,(H,17,21)(H,19,20). The number of carbonyl (C=O) groups excluding carboxylic acids is 1. The van der Waals surface area contributed by atoms with Crippen molar-refractivity contribution in [3.63, 3.8) is 0 Å². The van der Waals surface area contributed by atoms with Gasteiger partial charge in [-0.2, -0.15) is 0 Å². The van der Waals surface area contributed by atoms with Crippen molar-refractivity contribution in [1.29, 1.82) is 0 Å². The summed E-state index contributed by atoms with van der Waals surface area (Å²) >= 11 is 0. The average Bonchev–Trinajstić information content (AvgIpc) is 2.49. The summed E-state index contributed by atoms with van der Waals surface area (Å²) < 4.78 is 5.10. The summed E-state index contributed by atoms with van der Waals surface area (Å²) in [7, 11) is 0. The molecule has 6 heteroatoms. The second-order valence-electron chi connectivity index (χ2n) is 4.65. The Kier molecular flexibility index (Phi) is 4.98. The van der Waals surface area contributed by atoms with Gasteiger partial charge in [-0.25, -0.2) is 9.59 Å². The summed E-state index contributed by atoms with van der Waals surface area (Å²) in [4.78, 5) is 22.4. The summed E-state index contributed by atoms with van der Waals surface area (Å²) in [5, 5.41) is 13.6. The summed E-state index contributed by atoms with van der Waals surface area (Å²) in [6.07, 6.45) is -1.76. The maximum absolute atomic E-state index is 11.7. The van der Waals surface area contributed by atoms with E-state index in [0.29, 0.717) is 11.4 Å². The zero-order chi connectivity index (χ0) is 15.9. The van der Waals surface area contributed by atoms with Crippen molar-refractivity contribution in [2.45, 2.75) is 13.5 Å². The van der Waals surface area contributed by atoms with Crippen molar-refractivity contribution in [1.82, 2.24) is 0 Å². The minimum absolute atomic E-state index is 0.165. The Bertz CT molecular complexity index is 671. The van der Waals surface area contributed by atoms with Crippen LogP contribution in [0.3, 0.4) is 0 Å². The maximum atomic E-state index is 11.7. The fourth-order valence-corrected chi connectivity index (χ4v) is 1.83. The molecule has 2 rings (SSSR count). The number of hydrogen-bond acceptors (Lipinski definition) is 3. The number of amides is 2. The summed E-state index contributed by atoms with van der Waals surface area (Å²) in [6, 6.07) is 14.2. The predicted octanol–water partition coefficient (Wildman–Crippen LogP) is 3.83. The molecule has 6 nitrogen and oxygen atoms in total. The van der Waals surface area contributed by atoms with Gasteiger partial charge in [-0.15, -0.1) is 0 Å². The van der Waals surface area contributed by atoms with Gasteiger partial charge in [-0.3, -0.25) is 10.6 Å². The first kappa shape index (κ1) is 15.4. The Hall–Kier alpha value is -3.02. The fourth-order valence-electron chi connectivity index (χ4n) is 1.83. The first-order valence-electron chi connectivity index (χ1n) is 6.63. The first-order chi connectivity index (χ1) is 10.5. The van der Waals surface area contributed by atoms with Crippen molar-refractivity contribution >= 4 is 23.6 Å². The molecule has 0 saturated carbocycles. The molecule has 0 saturated heterocycles. The molecule has 0 atom stereocenters. The van der Waals surface area contributed by atoms with Crippen LogP contribution in [0.2, 0.25) is 0 Å². The Labute approximate surface area is 127 Å². The molecule has 0 aliphatic rings. The van der Waals surface area contributed by atoms with E-state index >= 15 is 0 Å². The first-order valence-corrected chi connectivity index (χ1v) is 6.63. The van der Waals surface area contributed by atoms with Crippen LogP contribution < -0.4 is 10.6 Å². The smallest absolute Gasteiger partial charge is 0.411 e. The van der Waals surface area contributed by atoms with E-state index in [1.165, 1.54) is 6.07 Å². The third kappa shape index (κ3) is 4.52. The Morgan fingerprint density at radius 3 is 2.50 bits per heavy atom. The minimum atomic E-state index is -1.16. The van der Waals surface area contributed by atoms with E-state index in [-0.39, 0.29) is 6.61 Å². The number of benzene rings is 2. The SMILES string of the molecule is Cc1ccc(NC(=O)OCc2ccccc2)cc1NC(=O)O. The molecule has 0 fully saturated rings. The van der Waals surface area contributed by atoms with Crippen molar-refractivity contribution < 1.29 is 19.4 Å². The van der Waals surface area contributed by atoms with Crippen molar-refractivity contribution in [3.05, 3.63) is 59.7 Å². The van der Waals surface area contributed by atoms with E-state index in [4.69, 9.17) is 9.84 Å². The number of hydrogen-bond donors (Lipinski definition) is 3. The van der Waals surface area contributed by atoms with E-state index in [0.717, 1.165) is 11.1 Å². The molecule has 0 aliphatic carbocycles. The highest BCUT2D eigenvalue weighted by Gasteiger charge is 2.07. The molecule has 114 valence electrons. The molecule has 2 aromatic carbocycles. The highest BCUT2D eigenvalue weighted by molar-refractivity contribution is 5.88. The van der Waals surface area contributed by atoms with Crippen molar-refractivity contribution in [2.24, 2.45) is 0 Å². The largest absolute Gasteiger partial charge is 0.465 e. The molecule has 0 bridgehead atoms. The predicted molar refractivity (Wildman–Crippen MR) is 83.1 cm³/mol. The van der Waals surface area contributed by atoms with Gasteiger partial charge in [-0.05, 0) is 30.2 Å². The fraction of sp³-hybridized carbons (Fsp3) is 0.125. The van der Waals surface area contributed by atoms with E-state index < -0.39 is 12.2 Å². The Balaban J connectivity index is 1.95. The highest BCUT2D eigenvalue weighted by atomic mass is 16.5. The third-order valence-electron chi connectivity index (χ3n) is 2.94. The summed E-state index contributed by atoms with van der Waals surface area (Å²) in [5.41, 5.74) is 2.50. The molecule has 2 aromatic rings. The van der Waals surface area contributed by atoms with Crippen molar-refractivity contribution in [2.75, 3.05) is 10.6 Å². The van der Waals surface area contributed by atoms with Gasteiger partial charge in [-0.1, -0.05) is 36.4 Å². The number of carbonyl (C=O) groups is 2. The second kappa shape index (κ2) is 7.12. The lowest BCUT2D eigenvalue weighted by atomic mass is 10.2. The van der Waals surface area contributed by atoms with Crippen molar-refractivity contribution in [3.8, 4) is 0 Å². The molecule has 0 aromatic heterocycles. The van der Waals surface area contributed by atoms with Crippen LogP contribution in [0, 0.1) is 6.92 Å². The number of carboxylic acid groups (broad SMARTS) is 1. The maximum Gasteiger partial charge on any atom is 0.411 e. The van der Waals surface area contributed by atoms with Gasteiger partial charge in [0, 0.05) is 11.4 Å². The molecule has 22 heavy (non-hydrogen) atoms. The molecule has 0 aliphatic heterocycles. The number of aryl methyl sites for hydroxylation is 1. The van der Waals surface area contributed by atoms with Crippen LogP contribution in [0.5, 0.6) is 0 Å². The molecule has 0 radical (unpaired) electrons. The molecule has 2 amide bonds. The quantitative estimate of drug-likeness (QED) is 0.800. The zero-order valence-corrected chi connectivity index (χ0v) is 12.0. The Morgan fingerprint density at radius 2 is 1.82 bits per heavy atom. The number of nitrogens with one attached hydrogen (secondary N) is 2. The van der Waals surface area contributed by atoms with Crippen LogP contribution in [-0.4, -0.2) is 17.3 Å². The molecular weight excluding hydrogens is 284 g/mol. The molecular formula is C16H16N2O4. The van der Waals surface area contributed by atoms with Crippen LogP contribution in [0.1, 0.15) is 11.1 Å². The van der Waals surface area contributed by atoms with Crippen LogP contribution in [0.4, 0.5) is 21.0 Å². The Morgan fingerprint density at radius 1 is 1.09 bits per heavy atom. The highest BCUT2D eigenvalue weighted by Crippen LogP contribution is 2.20. The van der Waals surface area contributed by atoms with Crippen LogP contribution >= 0.6 is 0 Å². The second-order valence-corrected chi connectivity index (χ2v) is 4.65. The van der Waals surface area contributed by atoms with E-state index in [1.807, 2.05) is 30.3 Å². The number of anilines is 2. The average molecular weight is 300 g/mol. The zero-order valence-electron chi connectivity index (χ0n) is 12.0. The van der Waals surface area contributed by atoms with E-state index in [2.05, 4.69) is 10.6 Å². The molecule has 3 N–H and O–H groups in total. The van der Waals surface area contributed by atoms with E-state index in [1.54, 1.807) is 19.1 Å². The van der Waals surface area contributed by atoms with Crippen LogP contribution in [0.25, 0.3) is 0 Å². The van der Waals surface area contributed by atoms with Gasteiger partial charge < -0.3 is 9.84 Å². The lowest BCUT2D eigenvalue weighted by molar-refractivity contribution is 0.155. The topological polar surface area (TPSA) is 87.7 Å². The number of rotatable bonds is 4. The monoisotopic (exact) mass is 300 g/mol. The third-order valence-corrected chi connectivity index (χ3v) is 2.94. The minimum Gasteiger partial charge on any atom is -0.465 e. The van der Waals surface area contributed by atoms with Gasteiger partial charge in [0.1, 0.15) is 6.61 Å². The van der Waals surface area contributed by atoms with Gasteiger partial charge in [0.05, 0.1) is 0 Å². The van der Waals surface area contributed by atoms with Gasteiger partial charge >= 0.3 is 12.2 Å². The van der Waals surface area contributed by atoms with Gasteiger partial charge in [0.15, 0.2) is 0 Å². The van der Waals surface area contributed by atoms with E-state index in [9.17, 15) is 9.59 Å². The normalized spacial score (nSPS) is 9.86. The van der Waals surface area contributed by atoms with Crippen LogP contribution in [-0.2, 0) is 11.3 Å². The lowest BCUT2D eigenvalue weighted by Crippen LogP contribution is -2.14. The van der Waals surface area contributed by atoms with Gasteiger partial charge in [0.25, 0.3) is 0 Å². The molecule has 0 unspecified atom stereocenters. The number of ether oxygens (including phenoxy) is 1. The van der Waals surface area contributed by atoms with Gasteiger partial charge in [0.2, 0.25) is 0 Å². The van der Waals surface area contributed by atoms with Crippen LogP contribution in [0.15, 0.2) is 48.5 Å². The molecule has 0 spiro atoms. The summed E-state index contributed by atoms with van der Waals surface area (Å²) in [6.45, 7) is 1.93.